The number of rotatable bonds is 6. The number of quaternary nitrogens is 3. The van der Waals surface area contributed by atoms with E-state index in [-0.39, 0.29) is 0 Å². The van der Waals surface area contributed by atoms with Crippen molar-refractivity contribution in [2.24, 2.45) is 0 Å². The minimum atomic E-state index is 1.11. The molecule has 3 N–H and O–H groups in total. The molecule has 1 fully saturated rings. The molecule has 0 radical (unpaired) electrons. The van der Waals surface area contributed by atoms with Gasteiger partial charge in [0.25, 0.3) is 0 Å². The molecule has 1 aliphatic heterocycles. The first kappa shape index (κ1) is 17.9. The molecule has 3 aromatic rings. The molecule has 3 nitrogen and oxygen atoms in total. The number of hydrogen-bond acceptors (Lipinski definition) is 0. The predicted octanol–water partition coefficient (Wildman–Crippen LogP) is 0.128. The first-order valence-corrected chi connectivity index (χ1v) is 9.97. The second kappa shape index (κ2) is 8.96. The first-order chi connectivity index (χ1) is 13.3. The second-order valence-electron chi connectivity index (χ2n) is 7.77. The third-order valence-corrected chi connectivity index (χ3v) is 5.39. The molecule has 0 atom stereocenters. The van der Waals surface area contributed by atoms with Crippen LogP contribution in [0.25, 0.3) is 0 Å². The molecule has 0 unspecified atom stereocenters. The summed E-state index contributed by atoms with van der Waals surface area (Å²) in [6, 6.07) is 32.8. The molecule has 0 aromatic heterocycles. The van der Waals surface area contributed by atoms with E-state index in [9.17, 15) is 0 Å². The summed E-state index contributed by atoms with van der Waals surface area (Å²) >= 11 is 0. The lowest BCUT2D eigenvalue weighted by molar-refractivity contribution is -1.27. The third-order valence-electron chi connectivity index (χ3n) is 5.39. The van der Waals surface area contributed by atoms with Crippen molar-refractivity contribution in [3.63, 3.8) is 0 Å². The van der Waals surface area contributed by atoms with E-state index >= 15 is 0 Å². The normalized spacial score (nSPS) is 22.4. The van der Waals surface area contributed by atoms with Gasteiger partial charge in [0.1, 0.15) is 19.6 Å². The SMILES string of the molecule is c1ccc(C[NH+]2C[NH+](Cc3ccccc3)C[NH+](Cc3ccccc3)C2)cc1. The van der Waals surface area contributed by atoms with Crippen LogP contribution in [0.1, 0.15) is 16.7 Å². The van der Waals surface area contributed by atoms with Crippen molar-refractivity contribution in [2.75, 3.05) is 20.0 Å². The summed E-state index contributed by atoms with van der Waals surface area (Å²) in [6.07, 6.45) is 0. The fraction of sp³-hybridized carbons (Fsp3) is 0.250. The topological polar surface area (TPSA) is 13.3 Å². The van der Waals surface area contributed by atoms with Crippen molar-refractivity contribution in [1.29, 1.82) is 0 Å². The molecular weight excluding hydrogens is 330 g/mol. The van der Waals surface area contributed by atoms with Crippen LogP contribution in [-0.4, -0.2) is 20.0 Å². The van der Waals surface area contributed by atoms with Gasteiger partial charge in [-0.3, -0.25) is 0 Å². The number of benzene rings is 3. The Morgan fingerprint density at radius 2 is 0.667 bits per heavy atom. The predicted molar refractivity (Wildman–Crippen MR) is 108 cm³/mol. The van der Waals surface area contributed by atoms with Gasteiger partial charge in [0.15, 0.2) is 0 Å². The Bertz CT molecular complexity index is 686. The Morgan fingerprint density at radius 1 is 0.407 bits per heavy atom. The third kappa shape index (κ3) is 5.27. The van der Waals surface area contributed by atoms with Crippen LogP contribution in [0.3, 0.4) is 0 Å². The summed E-state index contributed by atoms with van der Waals surface area (Å²) in [5.41, 5.74) is 4.31. The molecule has 4 rings (SSSR count). The van der Waals surface area contributed by atoms with Crippen molar-refractivity contribution in [3.8, 4) is 0 Å². The van der Waals surface area contributed by atoms with E-state index in [4.69, 9.17) is 0 Å². The summed E-state index contributed by atoms with van der Waals surface area (Å²) < 4.78 is 0. The molecule has 0 saturated carbocycles. The van der Waals surface area contributed by atoms with Crippen LogP contribution in [0.15, 0.2) is 91.0 Å². The van der Waals surface area contributed by atoms with Gasteiger partial charge < -0.3 is 0 Å². The minimum Gasteiger partial charge on any atom is -0.238 e. The largest absolute Gasteiger partial charge is 0.238 e. The Morgan fingerprint density at radius 3 is 0.926 bits per heavy atom. The zero-order valence-corrected chi connectivity index (χ0v) is 15.9. The summed E-state index contributed by atoms with van der Waals surface area (Å²) in [5.74, 6) is 0. The molecule has 0 aliphatic carbocycles. The first-order valence-electron chi connectivity index (χ1n) is 9.97. The highest BCUT2D eigenvalue weighted by atomic mass is 15.5. The van der Waals surface area contributed by atoms with Crippen LogP contribution in [0.4, 0.5) is 0 Å². The van der Waals surface area contributed by atoms with Gasteiger partial charge in [-0.2, -0.15) is 0 Å². The molecule has 0 bridgehead atoms. The highest BCUT2D eigenvalue weighted by Gasteiger charge is 2.32. The van der Waals surface area contributed by atoms with E-state index in [0.717, 1.165) is 19.6 Å². The summed E-state index contributed by atoms with van der Waals surface area (Å²) in [7, 11) is 0. The van der Waals surface area contributed by atoms with Gasteiger partial charge in [-0.1, -0.05) is 91.0 Å². The molecule has 1 aliphatic rings. The van der Waals surface area contributed by atoms with Gasteiger partial charge >= 0.3 is 0 Å². The van der Waals surface area contributed by atoms with E-state index in [1.165, 1.54) is 36.7 Å². The van der Waals surface area contributed by atoms with Crippen LogP contribution < -0.4 is 14.7 Å². The fourth-order valence-electron chi connectivity index (χ4n) is 4.28. The Kier molecular flexibility index (Phi) is 5.95. The molecule has 0 amide bonds. The van der Waals surface area contributed by atoms with Gasteiger partial charge in [-0.25, -0.2) is 14.7 Å². The lowest BCUT2D eigenvalue weighted by Gasteiger charge is -2.34. The van der Waals surface area contributed by atoms with Crippen molar-refractivity contribution in [3.05, 3.63) is 108 Å². The lowest BCUT2D eigenvalue weighted by Crippen LogP contribution is -3.49. The van der Waals surface area contributed by atoms with Crippen LogP contribution in [0.2, 0.25) is 0 Å². The van der Waals surface area contributed by atoms with Crippen molar-refractivity contribution >= 4 is 0 Å². The maximum Gasteiger partial charge on any atom is 0.213 e. The number of hydrogen-bond donors (Lipinski definition) is 3. The molecule has 3 aromatic carbocycles. The Balaban J connectivity index is 1.47. The van der Waals surface area contributed by atoms with E-state index in [0.29, 0.717) is 0 Å². The van der Waals surface area contributed by atoms with Gasteiger partial charge in [-0.15, -0.1) is 0 Å². The minimum absolute atomic E-state index is 1.11. The maximum absolute atomic E-state index is 2.26. The second-order valence-corrected chi connectivity index (χ2v) is 7.77. The van der Waals surface area contributed by atoms with Gasteiger partial charge in [0.2, 0.25) is 20.0 Å². The summed E-state index contributed by atoms with van der Waals surface area (Å²) in [4.78, 5) is 5.01. The molecule has 0 spiro atoms. The summed E-state index contributed by atoms with van der Waals surface area (Å²) in [6.45, 7) is 6.87. The van der Waals surface area contributed by atoms with E-state index in [1.54, 1.807) is 14.7 Å². The summed E-state index contributed by atoms with van der Waals surface area (Å²) in [5, 5.41) is 0. The van der Waals surface area contributed by atoms with Crippen molar-refractivity contribution in [2.45, 2.75) is 19.6 Å². The quantitative estimate of drug-likeness (QED) is 0.553. The molecule has 27 heavy (non-hydrogen) atoms. The Hall–Kier alpha value is -2.46. The van der Waals surface area contributed by atoms with Gasteiger partial charge in [0, 0.05) is 16.7 Å². The zero-order valence-electron chi connectivity index (χ0n) is 15.9. The van der Waals surface area contributed by atoms with Crippen molar-refractivity contribution < 1.29 is 14.7 Å². The van der Waals surface area contributed by atoms with E-state index < -0.39 is 0 Å². The van der Waals surface area contributed by atoms with Gasteiger partial charge in [-0.05, 0) is 0 Å². The fourth-order valence-corrected chi connectivity index (χ4v) is 4.28. The smallest absolute Gasteiger partial charge is 0.213 e. The highest BCUT2D eigenvalue weighted by Crippen LogP contribution is 1.97. The van der Waals surface area contributed by atoms with Crippen molar-refractivity contribution in [1.82, 2.24) is 0 Å². The molecule has 138 valence electrons. The standard InChI is InChI=1S/C24H27N3/c1-4-10-22(11-5-1)16-25-19-26(17-23-12-6-2-7-13-23)21-27(20-25)18-24-14-8-3-9-15-24/h1-15H,16-21H2/p+3. The molecule has 1 saturated heterocycles. The highest BCUT2D eigenvalue weighted by molar-refractivity contribution is 5.14. The monoisotopic (exact) mass is 360 g/mol. The average molecular weight is 361 g/mol. The van der Waals surface area contributed by atoms with Crippen LogP contribution in [0.5, 0.6) is 0 Å². The zero-order chi connectivity index (χ0) is 18.3. The number of nitrogens with one attached hydrogen (secondary N) is 3. The molecule has 1 heterocycles. The Labute approximate surface area is 162 Å². The van der Waals surface area contributed by atoms with E-state index in [1.807, 2.05) is 0 Å². The maximum atomic E-state index is 2.26. The van der Waals surface area contributed by atoms with E-state index in [2.05, 4.69) is 91.0 Å². The molecule has 3 heteroatoms. The van der Waals surface area contributed by atoms with Crippen LogP contribution >= 0.6 is 0 Å². The van der Waals surface area contributed by atoms with Crippen LogP contribution in [0, 0.1) is 0 Å². The average Bonchev–Trinajstić information content (AvgIpc) is 2.70. The molecular formula is C24H30N3+3. The lowest BCUT2D eigenvalue weighted by atomic mass is 10.2. The van der Waals surface area contributed by atoms with Gasteiger partial charge in [0.05, 0.1) is 0 Å². The van der Waals surface area contributed by atoms with Crippen LogP contribution in [-0.2, 0) is 19.6 Å².